The second-order valence-corrected chi connectivity index (χ2v) is 8.99. The summed E-state index contributed by atoms with van der Waals surface area (Å²) in [5.41, 5.74) is 1.97. The van der Waals surface area contributed by atoms with Crippen LogP contribution in [0.4, 0.5) is 0 Å². The van der Waals surface area contributed by atoms with E-state index < -0.39 is 0 Å². The smallest absolute Gasteiger partial charge is 0.221 e. The Bertz CT molecular complexity index is 1000. The van der Waals surface area contributed by atoms with Crippen molar-refractivity contribution < 1.29 is 4.79 Å². The van der Waals surface area contributed by atoms with E-state index in [0.717, 1.165) is 41.9 Å². The highest BCUT2D eigenvalue weighted by atomic mass is 35.5. The van der Waals surface area contributed by atoms with E-state index in [2.05, 4.69) is 37.1 Å². The average Bonchev–Trinajstić information content (AvgIpc) is 3.44. The van der Waals surface area contributed by atoms with Crippen LogP contribution in [0.25, 0.3) is 5.69 Å². The topological polar surface area (TPSA) is 63.1 Å². The van der Waals surface area contributed by atoms with E-state index >= 15 is 0 Å². The van der Waals surface area contributed by atoms with E-state index in [1.165, 1.54) is 12.8 Å². The molecule has 162 valence electrons. The molecule has 2 aromatic carbocycles. The molecule has 3 aromatic rings. The first-order chi connectivity index (χ1) is 15.2. The molecule has 8 heteroatoms. The first-order valence-corrected chi connectivity index (χ1v) is 11.9. The minimum absolute atomic E-state index is 0.00418. The van der Waals surface area contributed by atoms with Crippen LogP contribution in [-0.2, 0) is 17.9 Å². The summed E-state index contributed by atoms with van der Waals surface area (Å²) in [5.74, 6) is 1.57. The molecule has 1 aromatic heterocycles. The van der Waals surface area contributed by atoms with E-state index in [0.29, 0.717) is 23.7 Å². The standard InChI is InChI=1S/C23H26ClN5OS/c24-20-11-5-4-8-18(20)16-25-22(30)12-15-31-23-27-26-21(17-28-13-6-7-14-28)29(23)19-9-2-1-3-10-19/h1-5,8-11H,6-7,12-17H2,(H,25,30). The Labute approximate surface area is 192 Å². The second kappa shape index (κ2) is 10.8. The van der Waals surface area contributed by atoms with Crippen LogP contribution in [0.15, 0.2) is 59.8 Å². The third kappa shape index (κ3) is 5.87. The zero-order valence-corrected chi connectivity index (χ0v) is 18.9. The minimum Gasteiger partial charge on any atom is -0.352 e. The van der Waals surface area contributed by atoms with Gasteiger partial charge in [0.2, 0.25) is 5.91 Å². The summed E-state index contributed by atoms with van der Waals surface area (Å²) >= 11 is 7.71. The molecular weight excluding hydrogens is 430 g/mol. The van der Waals surface area contributed by atoms with Crippen LogP contribution >= 0.6 is 23.4 Å². The average molecular weight is 456 g/mol. The molecule has 0 saturated carbocycles. The van der Waals surface area contributed by atoms with Crippen molar-refractivity contribution in [2.45, 2.75) is 37.5 Å². The molecule has 2 heterocycles. The van der Waals surface area contributed by atoms with Crippen molar-refractivity contribution in [1.29, 1.82) is 0 Å². The van der Waals surface area contributed by atoms with Crippen LogP contribution < -0.4 is 5.32 Å². The quantitative estimate of drug-likeness (QED) is 0.487. The highest BCUT2D eigenvalue weighted by Crippen LogP contribution is 2.24. The third-order valence-corrected chi connectivity index (χ3v) is 6.57. The predicted molar refractivity (Wildman–Crippen MR) is 125 cm³/mol. The summed E-state index contributed by atoms with van der Waals surface area (Å²) in [7, 11) is 0. The lowest BCUT2D eigenvalue weighted by atomic mass is 10.2. The number of hydrogen-bond donors (Lipinski definition) is 1. The molecule has 1 fully saturated rings. The molecule has 0 radical (unpaired) electrons. The zero-order chi connectivity index (χ0) is 21.5. The van der Waals surface area contributed by atoms with Gasteiger partial charge in [-0.2, -0.15) is 0 Å². The number of amides is 1. The summed E-state index contributed by atoms with van der Waals surface area (Å²) in [6.45, 7) is 3.44. The molecule has 6 nitrogen and oxygen atoms in total. The highest BCUT2D eigenvalue weighted by Gasteiger charge is 2.19. The zero-order valence-electron chi connectivity index (χ0n) is 17.3. The van der Waals surface area contributed by atoms with Crippen LogP contribution in [0.3, 0.4) is 0 Å². The van der Waals surface area contributed by atoms with Crippen LogP contribution in [0, 0.1) is 0 Å². The summed E-state index contributed by atoms with van der Waals surface area (Å²) < 4.78 is 2.12. The number of likely N-dealkylation sites (tertiary alicyclic amines) is 1. The molecule has 0 unspecified atom stereocenters. The molecule has 1 saturated heterocycles. The van der Waals surface area contributed by atoms with Gasteiger partial charge in [0.15, 0.2) is 11.0 Å². The van der Waals surface area contributed by atoms with Crippen LogP contribution in [0.1, 0.15) is 30.7 Å². The molecule has 0 aliphatic carbocycles. The molecule has 1 aliphatic heterocycles. The van der Waals surface area contributed by atoms with Crippen molar-refractivity contribution in [1.82, 2.24) is 25.0 Å². The lowest BCUT2D eigenvalue weighted by molar-refractivity contribution is -0.120. The second-order valence-electron chi connectivity index (χ2n) is 7.52. The molecule has 4 rings (SSSR count). The normalized spacial score (nSPS) is 14.1. The Morgan fingerprint density at radius 1 is 1.03 bits per heavy atom. The fourth-order valence-corrected chi connectivity index (χ4v) is 4.74. The van der Waals surface area contributed by atoms with Gasteiger partial charge in [-0.3, -0.25) is 14.3 Å². The number of nitrogens with zero attached hydrogens (tertiary/aromatic N) is 4. The molecule has 1 aliphatic rings. The van der Waals surface area contributed by atoms with E-state index in [1.54, 1.807) is 11.8 Å². The van der Waals surface area contributed by atoms with Crippen molar-refractivity contribution >= 4 is 29.3 Å². The number of para-hydroxylation sites is 1. The fourth-order valence-electron chi connectivity index (χ4n) is 3.63. The summed E-state index contributed by atoms with van der Waals surface area (Å²) in [5, 5.41) is 13.3. The predicted octanol–water partition coefficient (Wildman–Crippen LogP) is 4.32. The van der Waals surface area contributed by atoms with Crippen molar-refractivity contribution in [3.05, 3.63) is 71.0 Å². The Morgan fingerprint density at radius 3 is 2.55 bits per heavy atom. The Kier molecular flexibility index (Phi) is 7.61. The molecule has 0 bridgehead atoms. The molecule has 0 atom stereocenters. The highest BCUT2D eigenvalue weighted by molar-refractivity contribution is 7.99. The number of nitrogens with one attached hydrogen (secondary N) is 1. The van der Waals surface area contributed by atoms with Gasteiger partial charge in [-0.05, 0) is 49.7 Å². The first-order valence-electron chi connectivity index (χ1n) is 10.6. The number of thioether (sulfide) groups is 1. The van der Waals surface area contributed by atoms with Crippen molar-refractivity contribution in [2.24, 2.45) is 0 Å². The number of carbonyl (C=O) groups is 1. The number of halogens is 1. The monoisotopic (exact) mass is 455 g/mol. The maximum Gasteiger partial charge on any atom is 0.221 e. The van der Waals surface area contributed by atoms with Crippen molar-refractivity contribution in [3.63, 3.8) is 0 Å². The van der Waals surface area contributed by atoms with Gasteiger partial charge in [0.1, 0.15) is 0 Å². The Balaban J connectivity index is 1.37. The van der Waals surface area contributed by atoms with Gasteiger partial charge < -0.3 is 5.32 Å². The molecule has 0 spiro atoms. The lowest BCUT2D eigenvalue weighted by Crippen LogP contribution is -2.23. The molecule has 1 amide bonds. The largest absolute Gasteiger partial charge is 0.352 e. The molecule has 1 N–H and O–H groups in total. The Morgan fingerprint density at radius 2 is 1.77 bits per heavy atom. The van der Waals surface area contributed by atoms with Crippen LogP contribution in [-0.4, -0.2) is 44.4 Å². The number of carbonyl (C=O) groups excluding carboxylic acids is 1. The summed E-state index contributed by atoms with van der Waals surface area (Å²) in [4.78, 5) is 14.7. The van der Waals surface area contributed by atoms with Crippen molar-refractivity contribution in [2.75, 3.05) is 18.8 Å². The van der Waals surface area contributed by atoms with Gasteiger partial charge in [0.25, 0.3) is 0 Å². The first kappa shape index (κ1) is 21.9. The van der Waals surface area contributed by atoms with E-state index in [-0.39, 0.29) is 5.91 Å². The van der Waals surface area contributed by atoms with Gasteiger partial charge in [0.05, 0.1) is 6.54 Å². The molecule has 31 heavy (non-hydrogen) atoms. The lowest BCUT2D eigenvalue weighted by Gasteiger charge is -2.16. The number of hydrogen-bond acceptors (Lipinski definition) is 5. The minimum atomic E-state index is -0.00418. The van der Waals surface area contributed by atoms with Crippen LogP contribution in [0.2, 0.25) is 5.02 Å². The van der Waals surface area contributed by atoms with Gasteiger partial charge in [-0.25, -0.2) is 0 Å². The van der Waals surface area contributed by atoms with Gasteiger partial charge >= 0.3 is 0 Å². The van der Waals surface area contributed by atoms with E-state index in [9.17, 15) is 4.79 Å². The maximum absolute atomic E-state index is 12.3. The van der Waals surface area contributed by atoms with E-state index in [4.69, 9.17) is 11.6 Å². The van der Waals surface area contributed by atoms with Gasteiger partial charge in [-0.15, -0.1) is 10.2 Å². The third-order valence-electron chi connectivity index (χ3n) is 5.27. The summed E-state index contributed by atoms with van der Waals surface area (Å²) in [6, 6.07) is 17.7. The number of rotatable bonds is 9. The van der Waals surface area contributed by atoms with Gasteiger partial charge in [-0.1, -0.05) is 59.8 Å². The van der Waals surface area contributed by atoms with Crippen LogP contribution in [0.5, 0.6) is 0 Å². The molecular formula is C23H26ClN5OS. The number of benzene rings is 2. The fraction of sp³-hybridized carbons (Fsp3) is 0.348. The van der Waals surface area contributed by atoms with Crippen molar-refractivity contribution in [3.8, 4) is 5.69 Å². The Hall–Kier alpha value is -2.35. The summed E-state index contributed by atoms with van der Waals surface area (Å²) in [6.07, 6.45) is 2.88. The SMILES string of the molecule is O=C(CCSc1nnc(CN2CCCC2)n1-c1ccccc1)NCc1ccccc1Cl. The van der Waals surface area contributed by atoms with Gasteiger partial charge in [0, 0.05) is 29.4 Å². The number of aromatic nitrogens is 3. The maximum atomic E-state index is 12.3. The van der Waals surface area contributed by atoms with E-state index in [1.807, 2.05) is 42.5 Å².